The highest BCUT2D eigenvalue weighted by molar-refractivity contribution is 5.90. The van der Waals surface area contributed by atoms with Gasteiger partial charge < -0.3 is 40.3 Å². The van der Waals surface area contributed by atoms with Gasteiger partial charge in [-0.15, -0.1) is 0 Å². The summed E-state index contributed by atoms with van der Waals surface area (Å²) in [5.74, 6) is 4.06. The number of aliphatic hydroxyl groups is 4. The van der Waals surface area contributed by atoms with Crippen molar-refractivity contribution < 1.29 is 49.4 Å². The molecule has 9 bridgehead atoms. The number of phenols is 1. The summed E-state index contributed by atoms with van der Waals surface area (Å²) in [4.78, 5) is 43.0. The highest BCUT2D eigenvalue weighted by Crippen LogP contribution is 2.51. The van der Waals surface area contributed by atoms with Crippen LogP contribution in [0.25, 0.3) is 0 Å². The minimum absolute atomic E-state index is 0.00363. The van der Waals surface area contributed by atoms with Crippen molar-refractivity contribution in [2.45, 2.75) is 171 Å². The van der Waals surface area contributed by atoms with E-state index >= 15 is 4.79 Å². The fraction of sp³-hybridized carbons (Fsp3) is 0.545. The molecule has 0 aromatic heterocycles. The second-order valence-corrected chi connectivity index (χ2v) is 20.2. The third-order valence-electron chi connectivity index (χ3n) is 15.6. The Hall–Kier alpha value is -4.99. The Labute approximate surface area is 388 Å². The summed E-state index contributed by atoms with van der Waals surface area (Å²) in [5, 5.41) is 62.3. The van der Waals surface area contributed by atoms with Crippen molar-refractivity contribution in [1.82, 2.24) is 0 Å². The number of ether oxygens (including phenoxy) is 2. The van der Waals surface area contributed by atoms with Gasteiger partial charge in [-0.2, -0.15) is 0 Å². The van der Waals surface area contributed by atoms with E-state index < -0.39 is 53.6 Å². The number of aromatic hydroxyl groups is 1. The molecule has 3 aromatic rings. The van der Waals surface area contributed by atoms with Gasteiger partial charge in [-0.05, 0) is 134 Å². The average molecular weight is 900 g/mol. The maximum Gasteiger partial charge on any atom is 0.334 e. The third-order valence-corrected chi connectivity index (χ3v) is 15.6. The molecule has 2 saturated carbocycles. The van der Waals surface area contributed by atoms with E-state index in [9.17, 15) is 35.1 Å². The molecule has 3 aromatic carbocycles. The largest absolute Gasteiger partial charge is 0.507 e. The molecule has 0 saturated heterocycles. The molecule has 8 atom stereocenters. The zero-order valence-electron chi connectivity index (χ0n) is 38.4. The smallest absolute Gasteiger partial charge is 0.334 e. The van der Waals surface area contributed by atoms with Gasteiger partial charge in [0.25, 0.3) is 0 Å². The number of carbonyl (C=O) groups is 3. The first kappa shape index (κ1) is 46.1. The molecular formula is C55H65NO10. The van der Waals surface area contributed by atoms with Crippen molar-refractivity contribution in [3.05, 3.63) is 98.1 Å². The fourth-order valence-electron chi connectivity index (χ4n) is 12.2. The molecule has 6 N–H and O–H groups in total. The molecule has 6 aliphatic rings. The predicted molar refractivity (Wildman–Crippen MR) is 249 cm³/mol. The first-order chi connectivity index (χ1) is 31.8. The number of aliphatic hydroxyl groups excluding tert-OH is 3. The Morgan fingerprint density at radius 2 is 1.67 bits per heavy atom. The summed E-state index contributed by atoms with van der Waals surface area (Å²) in [6, 6.07) is 13.6. The summed E-state index contributed by atoms with van der Waals surface area (Å²) in [6.45, 7) is 3.63. The number of nitrogens with one attached hydrogen (secondary N) is 1. The molecule has 9 rings (SSSR count). The number of benzene rings is 3. The summed E-state index contributed by atoms with van der Waals surface area (Å²) in [5.41, 5.74) is 5.79. The normalized spacial score (nSPS) is 29.5. The van der Waals surface area contributed by atoms with Crippen LogP contribution in [0, 0.1) is 23.7 Å². The van der Waals surface area contributed by atoms with Crippen molar-refractivity contribution >= 4 is 23.4 Å². The van der Waals surface area contributed by atoms with Crippen LogP contribution in [0.3, 0.4) is 0 Å². The topological polar surface area (TPSA) is 183 Å². The van der Waals surface area contributed by atoms with Crippen LogP contribution in [0.2, 0.25) is 0 Å². The lowest BCUT2D eigenvalue weighted by molar-refractivity contribution is -0.176. The van der Waals surface area contributed by atoms with E-state index in [1.807, 2.05) is 25.1 Å². The van der Waals surface area contributed by atoms with Crippen LogP contribution in [0.4, 0.5) is 5.69 Å². The molecule has 3 aliphatic heterocycles. The molecule has 350 valence electrons. The van der Waals surface area contributed by atoms with Crippen molar-refractivity contribution in [1.29, 1.82) is 0 Å². The Morgan fingerprint density at radius 3 is 2.44 bits per heavy atom. The zero-order valence-corrected chi connectivity index (χ0v) is 38.4. The maximum atomic E-state index is 15.6. The maximum absolute atomic E-state index is 15.6. The lowest BCUT2D eigenvalue weighted by Gasteiger charge is -2.45. The number of esters is 2. The monoisotopic (exact) mass is 899 g/mol. The summed E-state index contributed by atoms with van der Waals surface area (Å²) < 4.78 is 13.0. The van der Waals surface area contributed by atoms with Crippen LogP contribution in [0.15, 0.2) is 53.6 Å². The molecular weight excluding hydrogens is 835 g/mol. The Morgan fingerprint density at radius 1 is 0.864 bits per heavy atom. The van der Waals surface area contributed by atoms with Crippen molar-refractivity contribution in [3.63, 3.8) is 0 Å². The number of Topliss-reactive ketones (excluding diaryl/α,β-unsaturated/α-hetero) is 1. The van der Waals surface area contributed by atoms with Crippen LogP contribution in [0.5, 0.6) is 11.5 Å². The van der Waals surface area contributed by atoms with Crippen LogP contribution in [0.1, 0.15) is 160 Å². The first-order valence-corrected chi connectivity index (χ1v) is 24.6. The van der Waals surface area contributed by atoms with E-state index in [0.717, 1.165) is 48.8 Å². The zero-order chi connectivity index (χ0) is 46.3. The number of hydrogen-bond acceptors (Lipinski definition) is 11. The fourth-order valence-corrected chi connectivity index (χ4v) is 12.2. The number of fused-ring (bicyclic) bond motifs is 9. The van der Waals surface area contributed by atoms with Crippen LogP contribution in [-0.2, 0) is 51.4 Å². The molecule has 11 nitrogen and oxygen atoms in total. The second kappa shape index (κ2) is 19.3. The Kier molecular flexibility index (Phi) is 13.5. The van der Waals surface area contributed by atoms with Crippen LogP contribution < -0.4 is 10.1 Å². The predicted octanol–water partition coefficient (Wildman–Crippen LogP) is 7.68. The minimum Gasteiger partial charge on any atom is -0.507 e. The van der Waals surface area contributed by atoms with Crippen molar-refractivity contribution in [3.8, 4) is 23.3 Å². The lowest BCUT2D eigenvalue weighted by Crippen LogP contribution is -2.54. The molecule has 3 aliphatic carbocycles. The van der Waals surface area contributed by atoms with E-state index in [2.05, 4.69) is 35.4 Å². The second-order valence-electron chi connectivity index (χ2n) is 20.2. The molecule has 0 spiro atoms. The van der Waals surface area contributed by atoms with Gasteiger partial charge in [0.2, 0.25) is 0 Å². The standard InChI is InChI=1S/C55H65NO10/c1-3-17-55(64)42-14-16-47(59)40(22-42)19-32-9-10-34-13-15-44(48(60)26-39(34)18-32)46-24-36(38-20-33(30-57)21-43(23-38)56-29-31(2)58)11-12-37-28-50(61)66-53-45(37)25-41(27-49(55)65-54(46)63)52(62)51(53)35-7-5-4-6-8-35/h9-10,18,20-21,23,25,31,35-37,40,42,48-49,56-58,60,62,64H,3-8,13-17,19,22,24,26-30H2,1-2H3/b46-44+/t31-,36-,37-,40-,42-,48+,49+,55-/m0/s1. The number of carbonyl (C=O) groups excluding carboxylic acids is 3. The summed E-state index contributed by atoms with van der Waals surface area (Å²) >= 11 is 0. The van der Waals surface area contributed by atoms with E-state index in [0.29, 0.717) is 83.4 Å². The highest BCUT2D eigenvalue weighted by atomic mass is 16.6. The van der Waals surface area contributed by atoms with Gasteiger partial charge in [0.1, 0.15) is 29.0 Å². The van der Waals surface area contributed by atoms with Crippen molar-refractivity contribution in [2.75, 3.05) is 11.9 Å². The Bertz CT molecular complexity index is 2470. The van der Waals surface area contributed by atoms with Gasteiger partial charge in [0.05, 0.1) is 31.2 Å². The average Bonchev–Trinajstić information content (AvgIpc) is 3.45. The van der Waals surface area contributed by atoms with Gasteiger partial charge in [-0.3, -0.25) is 9.59 Å². The Balaban J connectivity index is 1.30. The molecule has 66 heavy (non-hydrogen) atoms. The van der Waals surface area contributed by atoms with Crippen LogP contribution >= 0.6 is 0 Å². The number of rotatable bonds is 8. The number of aryl methyl sites for hydroxylation is 1. The van der Waals surface area contributed by atoms with Gasteiger partial charge in [-0.1, -0.05) is 68.7 Å². The van der Waals surface area contributed by atoms with Gasteiger partial charge >= 0.3 is 11.9 Å². The lowest BCUT2D eigenvalue weighted by atomic mass is 9.66. The van der Waals surface area contributed by atoms with E-state index in [4.69, 9.17) is 9.47 Å². The quantitative estimate of drug-likeness (QED) is 0.0741. The van der Waals surface area contributed by atoms with E-state index in [1.54, 1.807) is 13.0 Å². The molecule has 0 radical (unpaired) electrons. The van der Waals surface area contributed by atoms with Crippen molar-refractivity contribution in [2.24, 2.45) is 11.8 Å². The highest BCUT2D eigenvalue weighted by Gasteiger charge is 2.50. The third kappa shape index (κ3) is 9.31. The molecule has 2 fully saturated rings. The molecule has 3 heterocycles. The van der Waals surface area contributed by atoms with Gasteiger partial charge in [-0.25, -0.2) is 4.79 Å². The number of ketones is 1. The van der Waals surface area contributed by atoms with Gasteiger partial charge in [0, 0.05) is 60.0 Å². The van der Waals surface area contributed by atoms with E-state index in [-0.39, 0.29) is 80.6 Å². The minimum atomic E-state index is -1.62. The molecule has 0 unspecified atom stereocenters. The summed E-state index contributed by atoms with van der Waals surface area (Å²) in [7, 11) is 0. The number of hydrogen-bond donors (Lipinski definition) is 6. The first-order valence-electron chi connectivity index (χ1n) is 24.6. The van der Waals surface area contributed by atoms with E-state index in [1.165, 1.54) is 0 Å². The molecule has 0 amide bonds. The van der Waals surface area contributed by atoms with Crippen LogP contribution in [-0.4, -0.2) is 73.7 Å². The summed E-state index contributed by atoms with van der Waals surface area (Å²) in [6.07, 6.45) is 5.17. The number of phenolic OH excluding ortho intramolecular Hbond substituents is 1. The number of anilines is 1. The van der Waals surface area contributed by atoms with Gasteiger partial charge in [0.15, 0.2) is 0 Å². The SMILES string of the molecule is CCC[C@]1(O)[C@H]2CCC(=O)[C@@H](Cc3ccc4c(c3)C[C@@H](O)/C(=C3\C[C@@H](c5cc(CO)cc(NC[C@H](C)O)c5)C#C[C@H]5CC(=O)Oc6c5cc(c(O)c6C5CCCCC5)C[C@H]1OC3=O)CC4)C2. The molecule has 11 heteroatoms.